The Labute approximate surface area is 96.4 Å². The molecule has 0 aliphatic heterocycles. The Bertz CT molecular complexity index is 352. The molecule has 0 aliphatic carbocycles. The van der Waals surface area contributed by atoms with Crippen LogP contribution in [0.5, 0.6) is 0 Å². The first-order valence-electron chi connectivity index (χ1n) is 5.47. The normalized spacial score (nSPS) is 9.88. The number of benzene rings is 1. The van der Waals surface area contributed by atoms with E-state index < -0.39 is 0 Å². The zero-order valence-electron chi connectivity index (χ0n) is 9.86. The first kappa shape index (κ1) is 12.4. The zero-order chi connectivity index (χ0) is 12.0. The standard InChI is InChI=1S/C12H19N3O/c1-3-7-14-12(16)15(2)9-10-5-4-6-11(13)8-10/h4-6,8H,3,7,9,13H2,1-2H3,(H,14,16). The molecule has 4 heteroatoms. The lowest BCUT2D eigenvalue weighted by Gasteiger charge is -2.18. The van der Waals surface area contributed by atoms with Crippen molar-refractivity contribution in [3.05, 3.63) is 29.8 Å². The fourth-order valence-electron chi connectivity index (χ4n) is 1.40. The summed E-state index contributed by atoms with van der Waals surface area (Å²) >= 11 is 0. The van der Waals surface area contributed by atoms with Crippen LogP contribution in [-0.4, -0.2) is 24.5 Å². The molecule has 88 valence electrons. The lowest BCUT2D eigenvalue weighted by atomic mass is 10.2. The maximum atomic E-state index is 11.6. The molecule has 0 spiro atoms. The van der Waals surface area contributed by atoms with Gasteiger partial charge in [-0.2, -0.15) is 0 Å². The Balaban J connectivity index is 2.50. The van der Waals surface area contributed by atoms with Gasteiger partial charge in [0.2, 0.25) is 0 Å². The molecule has 3 N–H and O–H groups in total. The van der Waals surface area contributed by atoms with E-state index in [1.54, 1.807) is 11.9 Å². The van der Waals surface area contributed by atoms with Gasteiger partial charge in [-0.15, -0.1) is 0 Å². The summed E-state index contributed by atoms with van der Waals surface area (Å²) in [6.45, 7) is 3.30. The van der Waals surface area contributed by atoms with Crippen molar-refractivity contribution in [3.8, 4) is 0 Å². The summed E-state index contributed by atoms with van der Waals surface area (Å²) < 4.78 is 0. The third-order valence-electron chi connectivity index (χ3n) is 2.24. The minimum Gasteiger partial charge on any atom is -0.399 e. The molecule has 2 amide bonds. The van der Waals surface area contributed by atoms with Crippen LogP contribution in [-0.2, 0) is 6.54 Å². The van der Waals surface area contributed by atoms with Gasteiger partial charge in [-0.05, 0) is 24.1 Å². The lowest BCUT2D eigenvalue weighted by molar-refractivity contribution is 0.207. The van der Waals surface area contributed by atoms with E-state index in [1.807, 2.05) is 31.2 Å². The summed E-state index contributed by atoms with van der Waals surface area (Å²) in [5.41, 5.74) is 7.43. The number of nitrogens with one attached hydrogen (secondary N) is 1. The molecule has 0 unspecified atom stereocenters. The van der Waals surface area contributed by atoms with Crippen molar-refractivity contribution in [2.24, 2.45) is 0 Å². The predicted molar refractivity (Wildman–Crippen MR) is 66.0 cm³/mol. The van der Waals surface area contributed by atoms with Gasteiger partial charge < -0.3 is 16.0 Å². The van der Waals surface area contributed by atoms with Gasteiger partial charge in [0.15, 0.2) is 0 Å². The summed E-state index contributed by atoms with van der Waals surface area (Å²) in [5, 5.41) is 2.82. The number of nitrogens with two attached hydrogens (primary N) is 1. The molecule has 0 heterocycles. The molecule has 0 atom stereocenters. The smallest absolute Gasteiger partial charge is 0.317 e. The van der Waals surface area contributed by atoms with Crippen molar-refractivity contribution >= 4 is 11.7 Å². The number of carbonyl (C=O) groups is 1. The molecule has 0 fully saturated rings. The Morgan fingerprint density at radius 2 is 2.25 bits per heavy atom. The topological polar surface area (TPSA) is 58.4 Å². The molecule has 0 bridgehead atoms. The number of anilines is 1. The number of rotatable bonds is 4. The Morgan fingerprint density at radius 3 is 2.88 bits per heavy atom. The Morgan fingerprint density at radius 1 is 1.50 bits per heavy atom. The third kappa shape index (κ3) is 3.81. The maximum absolute atomic E-state index is 11.6. The molecule has 1 aromatic rings. The second-order valence-electron chi connectivity index (χ2n) is 3.83. The predicted octanol–water partition coefficient (Wildman–Crippen LogP) is 1.82. The monoisotopic (exact) mass is 221 g/mol. The van der Waals surface area contributed by atoms with Crippen LogP contribution in [0.15, 0.2) is 24.3 Å². The van der Waals surface area contributed by atoms with Gasteiger partial charge in [0.1, 0.15) is 0 Å². The minimum absolute atomic E-state index is 0.0516. The van der Waals surface area contributed by atoms with E-state index in [-0.39, 0.29) is 6.03 Å². The molecule has 4 nitrogen and oxygen atoms in total. The van der Waals surface area contributed by atoms with E-state index in [9.17, 15) is 4.79 Å². The summed E-state index contributed by atoms with van der Waals surface area (Å²) in [6, 6.07) is 7.51. The van der Waals surface area contributed by atoms with Gasteiger partial charge in [-0.25, -0.2) is 4.79 Å². The number of hydrogen-bond acceptors (Lipinski definition) is 2. The third-order valence-corrected chi connectivity index (χ3v) is 2.24. The second kappa shape index (κ2) is 6.00. The number of urea groups is 1. The van der Waals surface area contributed by atoms with Gasteiger partial charge in [0.25, 0.3) is 0 Å². The van der Waals surface area contributed by atoms with E-state index in [0.717, 1.165) is 17.7 Å². The van der Waals surface area contributed by atoms with Crippen LogP contribution in [0.1, 0.15) is 18.9 Å². The van der Waals surface area contributed by atoms with Crippen molar-refractivity contribution < 1.29 is 4.79 Å². The van der Waals surface area contributed by atoms with Crippen molar-refractivity contribution in [1.29, 1.82) is 0 Å². The van der Waals surface area contributed by atoms with E-state index >= 15 is 0 Å². The van der Waals surface area contributed by atoms with Crippen LogP contribution in [0.2, 0.25) is 0 Å². The first-order valence-corrected chi connectivity index (χ1v) is 5.47. The maximum Gasteiger partial charge on any atom is 0.317 e. The van der Waals surface area contributed by atoms with Crippen LogP contribution < -0.4 is 11.1 Å². The zero-order valence-corrected chi connectivity index (χ0v) is 9.86. The van der Waals surface area contributed by atoms with Gasteiger partial charge in [-0.3, -0.25) is 0 Å². The molecular weight excluding hydrogens is 202 g/mol. The SMILES string of the molecule is CCCNC(=O)N(C)Cc1cccc(N)c1. The molecule has 0 aliphatic rings. The quantitative estimate of drug-likeness (QED) is 0.762. The van der Waals surface area contributed by atoms with Crippen molar-refractivity contribution in [2.45, 2.75) is 19.9 Å². The average molecular weight is 221 g/mol. The molecule has 0 radical (unpaired) electrons. The second-order valence-corrected chi connectivity index (χ2v) is 3.83. The fourth-order valence-corrected chi connectivity index (χ4v) is 1.40. The van der Waals surface area contributed by atoms with Gasteiger partial charge in [0, 0.05) is 25.8 Å². The molecule has 16 heavy (non-hydrogen) atoms. The van der Waals surface area contributed by atoms with Crippen LogP contribution in [0.3, 0.4) is 0 Å². The Hall–Kier alpha value is -1.71. The highest BCUT2D eigenvalue weighted by Crippen LogP contribution is 2.08. The van der Waals surface area contributed by atoms with Crippen LogP contribution in [0, 0.1) is 0 Å². The van der Waals surface area contributed by atoms with E-state index in [0.29, 0.717) is 13.1 Å². The number of carbonyl (C=O) groups excluding carboxylic acids is 1. The number of nitrogen functional groups attached to an aromatic ring is 1. The minimum atomic E-state index is -0.0516. The highest BCUT2D eigenvalue weighted by molar-refractivity contribution is 5.73. The van der Waals surface area contributed by atoms with Crippen LogP contribution >= 0.6 is 0 Å². The molecular formula is C12H19N3O. The van der Waals surface area contributed by atoms with Crippen molar-refractivity contribution in [1.82, 2.24) is 10.2 Å². The molecule has 0 saturated heterocycles. The van der Waals surface area contributed by atoms with E-state index in [2.05, 4.69) is 5.32 Å². The van der Waals surface area contributed by atoms with E-state index in [4.69, 9.17) is 5.73 Å². The average Bonchev–Trinajstić information content (AvgIpc) is 2.25. The van der Waals surface area contributed by atoms with Crippen molar-refractivity contribution in [2.75, 3.05) is 19.3 Å². The van der Waals surface area contributed by atoms with Gasteiger partial charge in [0.05, 0.1) is 0 Å². The summed E-state index contributed by atoms with van der Waals surface area (Å²) in [4.78, 5) is 13.2. The molecule has 1 aromatic carbocycles. The lowest BCUT2D eigenvalue weighted by Crippen LogP contribution is -2.37. The highest BCUT2D eigenvalue weighted by Gasteiger charge is 2.07. The largest absolute Gasteiger partial charge is 0.399 e. The molecule has 0 saturated carbocycles. The van der Waals surface area contributed by atoms with Gasteiger partial charge in [-0.1, -0.05) is 19.1 Å². The number of nitrogens with zero attached hydrogens (tertiary/aromatic N) is 1. The number of hydrogen-bond donors (Lipinski definition) is 2. The summed E-state index contributed by atoms with van der Waals surface area (Å²) in [7, 11) is 1.77. The Kier molecular flexibility index (Phi) is 4.64. The van der Waals surface area contributed by atoms with Crippen LogP contribution in [0.25, 0.3) is 0 Å². The first-order chi connectivity index (χ1) is 7.63. The fraction of sp³-hybridized carbons (Fsp3) is 0.417. The van der Waals surface area contributed by atoms with E-state index in [1.165, 1.54) is 0 Å². The van der Waals surface area contributed by atoms with Gasteiger partial charge >= 0.3 is 6.03 Å². The molecule has 1 rings (SSSR count). The molecule has 0 aromatic heterocycles. The number of amides is 2. The van der Waals surface area contributed by atoms with Crippen LogP contribution in [0.4, 0.5) is 10.5 Å². The summed E-state index contributed by atoms with van der Waals surface area (Å²) in [5.74, 6) is 0. The highest BCUT2D eigenvalue weighted by atomic mass is 16.2. The van der Waals surface area contributed by atoms with Crippen molar-refractivity contribution in [3.63, 3.8) is 0 Å². The summed E-state index contributed by atoms with van der Waals surface area (Å²) in [6.07, 6.45) is 0.942.